The number of carbonyl (C=O) groups is 1. The molecule has 0 aliphatic heterocycles. The first-order valence-corrected chi connectivity index (χ1v) is 13.1. The largest absolute Gasteiger partial charge is 0.465 e. The number of halogens is 2. The number of rotatable bonds is 6. The van der Waals surface area contributed by atoms with E-state index in [0.717, 1.165) is 24.1 Å². The molecule has 0 unspecified atom stereocenters. The fourth-order valence-corrected chi connectivity index (χ4v) is 5.66. The number of pyridine rings is 1. The normalized spacial score (nSPS) is 12.6. The maximum Gasteiger partial charge on any atom is 0.337 e. The Bertz CT molecular complexity index is 1580. The Morgan fingerprint density at radius 3 is 2.24 bits per heavy atom. The predicted molar refractivity (Wildman–Crippen MR) is 138 cm³/mol. The van der Waals surface area contributed by atoms with Crippen LogP contribution in [0.5, 0.6) is 0 Å². The Kier molecular flexibility index (Phi) is 6.71. The molecule has 0 saturated carbocycles. The number of nitrogens with zero attached hydrogens (tertiary/aromatic N) is 2. The number of alkyl halides is 2. The minimum absolute atomic E-state index is 0.0876. The number of hydrogen-bond acceptors (Lipinski definition) is 5. The van der Waals surface area contributed by atoms with Crippen molar-refractivity contribution >= 4 is 27.0 Å². The lowest BCUT2D eigenvalue weighted by Gasteiger charge is -2.20. The second-order valence-corrected chi connectivity index (χ2v) is 11.8. The van der Waals surface area contributed by atoms with Crippen molar-refractivity contribution in [3.8, 4) is 0 Å². The Hall–Kier alpha value is -3.59. The number of ether oxygens (including phenoxy) is 1. The van der Waals surface area contributed by atoms with Gasteiger partial charge in [-0.3, -0.25) is 0 Å². The van der Waals surface area contributed by atoms with Crippen molar-refractivity contribution in [2.75, 3.05) is 7.11 Å². The predicted octanol–water partition coefficient (Wildman–Crippen LogP) is 6.06. The van der Waals surface area contributed by atoms with E-state index in [1.807, 2.05) is 26.8 Å². The van der Waals surface area contributed by atoms with Gasteiger partial charge in [0, 0.05) is 19.0 Å². The molecule has 4 aromatic rings. The van der Waals surface area contributed by atoms with E-state index in [0.29, 0.717) is 11.3 Å². The molecule has 0 amide bonds. The summed E-state index contributed by atoms with van der Waals surface area (Å²) in [5, 5.41) is 0. The lowest BCUT2D eigenvalue weighted by atomic mass is 9.87. The molecule has 0 radical (unpaired) electrons. The van der Waals surface area contributed by atoms with Gasteiger partial charge in [0.2, 0.25) is 0 Å². The Balaban J connectivity index is 1.89. The van der Waals surface area contributed by atoms with Crippen molar-refractivity contribution < 1.29 is 26.7 Å². The van der Waals surface area contributed by atoms with E-state index >= 15 is 0 Å². The Morgan fingerprint density at radius 1 is 0.973 bits per heavy atom. The van der Waals surface area contributed by atoms with Crippen LogP contribution in [0, 0.1) is 0 Å². The maximum absolute atomic E-state index is 14.0. The van der Waals surface area contributed by atoms with Crippen molar-refractivity contribution in [1.82, 2.24) is 8.96 Å². The highest BCUT2D eigenvalue weighted by atomic mass is 32.2. The zero-order valence-corrected chi connectivity index (χ0v) is 22.1. The van der Waals surface area contributed by atoms with Gasteiger partial charge >= 0.3 is 5.97 Å². The molecule has 6 nitrogen and oxygen atoms in total. The van der Waals surface area contributed by atoms with Gasteiger partial charge in [0.1, 0.15) is 5.69 Å². The molecule has 0 aliphatic carbocycles. The van der Waals surface area contributed by atoms with E-state index in [4.69, 9.17) is 4.74 Å². The second-order valence-electron chi connectivity index (χ2n) is 10.0. The molecule has 0 aliphatic rings. The van der Waals surface area contributed by atoms with Gasteiger partial charge in [-0.05, 0) is 59.0 Å². The summed E-state index contributed by atoms with van der Waals surface area (Å²) in [4.78, 5) is 16.0. The van der Waals surface area contributed by atoms with Crippen molar-refractivity contribution in [2.24, 2.45) is 0 Å². The number of benzene rings is 2. The van der Waals surface area contributed by atoms with Crippen LogP contribution in [0.2, 0.25) is 0 Å². The third kappa shape index (κ3) is 5.27. The molecule has 2 aromatic carbocycles. The lowest BCUT2D eigenvalue weighted by Crippen LogP contribution is -2.18. The summed E-state index contributed by atoms with van der Waals surface area (Å²) in [7, 11) is -2.83. The third-order valence-corrected chi connectivity index (χ3v) is 7.90. The van der Waals surface area contributed by atoms with Crippen molar-refractivity contribution in [1.29, 1.82) is 0 Å². The number of fused-ring (bicyclic) bond motifs is 1. The van der Waals surface area contributed by atoms with Crippen LogP contribution in [0.25, 0.3) is 11.0 Å². The first kappa shape index (κ1) is 26.5. The first-order chi connectivity index (χ1) is 17.2. The summed E-state index contributed by atoms with van der Waals surface area (Å²) in [5.74, 6) is -3.67. The number of hydrogen-bond donors (Lipinski definition) is 0. The standard InChI is InChI=1S/C28H28F2N2O4S/c1-27(2,3)20-7-6-8-22(16-20)37(34,35)32-21(15-18-9-11-19(12-10-18)26(33)36-5)17-23-24(32)13-14-25(31-23)28(4,29)30/h6-14,16-17H,15H2,1-5H3. The molecule has 0 atom stereocenters. The quantitative estimate of drug-likeness (QED) is 0.286. The first-order valence-electron chi connectivity index (χ1n) is 11.6. The van der Waals surface area contributed by atoms with E-state index in [-0.39, 0.29) is 27.8 Å². The van der Waals surface area contributed by atoms with Crippen LogP contribution in [0.4, 0.5) is 8.78 Å². The van der Waals surface area contributed by atoms with Gasteiger partial charge in [-0.25, -0.2) is 22.2 Å². The molecule has 4 rings (SSSR count). The lowest BCUT2D eigenvalue weighted by molar-refractivity contribution is 0.0131. The number of aromatic nitrogens is 2. The highest BCUT2D eigenvalue weighted by Crippen LogP contribution is 2.32. The Morgan fingerprint density at radius 2 is 1.65 bits per heavy atom. The van der Waals surface area contributed by atoms with Gasteiger partial charge in [-0.1, -0.05) is 45.0 Å². The summed E-state index contributed by atoms with van der Waals surface area (Å²) >= 11 is 0. The number of carbonyl (C=O) groups excluding carboxylic acids is 1. The van der Waals surface area contributed by atoms with Crippen LogP contribution in [0.15, 0.2) is 71.6 Å². The molecule has 2 heterocycles. The SMILES string of the molecule is COC(=O)c1ccc(Cc2cc3nc(C(C)(F)F)ccc3n2S(=O)(=O)c2cccc(C(C)(C)C)c2)cc1. The van der Waals surface area contributed by atoms with E-state index in [1.54, 1.807) is 36.4 Å². The highest BCUT2D eigenvalue weighted by molar-refractivity contribution is 7.90. The van der Waals surface area contributed by atoms with Gasteiger partial charge in [0.25, 0.3) is 15.9 Å². The molecule has 9 heteroatoms. The summed E-state index contributed by atoms with van der Waals surface area (Å²) in [6, 6.07) is 17.3. The van der Waals surface area contributed by atoms with Crippen LogP contribution in [0.3, 0.4) is 0 Å². The van der Waals surface area contributed by atoms with Gasteiger partial charge < -0.3 is 4.74 Å². The van der Waals surface area contributed by atoms with E-state index < -0.39 is 27.6 Å². The van der Waals surface area contributed by atoms with Gasteiger partial charge in [-0.2, -0.15) is 8.78 Å². The topological polar surface area (TPSA) is 78.3 Å². The minimum Gasteiger partial charge on any atom is -0.465 e. The van der Waals surface area contributed by atoms with Gasteiger partial charge in [0.15, 0.2) is 0 Å². The molecule has 0 saturated heterocycles. The zero-order chi connectivity index (χ0) is 27.2. The number of esters is 1. The smallest absolute Gasteiger partial charge is 0.337 e. The van der Waals surface area contributed by atoms with E-state index in [1.165, 1.54) is 29.3 Å². The van der Waals surface area contributed by atoms with Crippen molar-refractivity contribution in [3.63, 3.8) is 0 Å². The molecular formula is C28H28F2N2O4S. The molecule has 2 aromatic heterocycles. The Labute approximate surface area is 215 Å². The van der Waals surface area contributed by atoms with Crippen LogP contribution in [-0.4, -0.2) is 30.5 Å². The minimum atomic E-state index is -4.11. The van der Waals surface area contributed by atoms with E-state index in [9.17, 15) is 22.0 Å². The third-order valence-electron chi connectivity index (χ3n) is 6.13. The van der Waals surface area contributed by atoms with Crippen LogP contribution < -0.4 is 0 Å². The fourth-order valence-electron chi connectivity index (χ4n) is 4.08. The average molecular weight is 527 g/mol. The molecule has 37 heavy (non-hydrogen) atoms. The maximum atomic E-state index is 14.0. The van der Waals surface area contributed by atoms with Crippen LogP contribution in [-0.2, 0) is 32.5 Å². The molecule has 0 bridgehead atoms. The number of methoxy groups -OCH3 is 1. The van der Waals surface area contributed by atoms with Gasteiger partial charge in [0.05, 0.1) is 28.6 Å². The molecule has 0 fully saturated rings. The molecule has 0 N–H and O–H groups in total. The molecule has 0 spiro atoms. The second kappa shape index (κ2) is 9.37. The monoisotopic (exact) mass is 526 g/mol. The van der Waals surface area contributed by atoms with Crippen LogP contribution >= 0.6 is 0 Å². The summed E-state index contributed by atoms with van der Waals surface area (Å²) in [6.07, 6.45) is 0.161. The van der Waals surface area contributed by atoms with Crippen LogP contribution in [0.1, 0.15) is 60.6 Å². The van der Waals surface area contributed by atoms with E-state index in [2.05, 4.69) is 4.98 Å². The highest BCUT2D eigenvalue weighted by Gasteiger charge is 2.29. The summed E-state index contributed by atoms with van der Waals surface area (Å²) in [5.41, 5.74) is 1.90. The van der Waals surface area contributed by atoms with Crippen molar-refractivity contribution in [3.05, 3.63) is 94.8 Å². The average Bonchev–Trinajstić information content (AvgIpc) is 3.21. The summed E-state index contributed by atoms with van der Waals surface area (Å²) in [6.45, 7) is 6.72. The zero-order valence-electron chi connectivity index (χ0n) is 21.2. The molecular weight excluding hydrogens is 498 g/mol. The summed E-state index contributed by atoms with van der Waals surface area (Å²) < 4.78 is 61.9. The van der Waals surface area contributed by atoms with Crippen molar-refractivity contribution in [2.45, 2.75) is 50.3 Å². The fraction of sp³-hybridized carbons (Fsp3) is 0.286. The molecule has 194 valence electrons. The van der Waals surface area contributed by atoms with Gasteiger partial charge in [-0.15, -0.1) is 0 Å².